The van der Waals surface area contributed by atoms with Gasteiger partial charge in [0.1, 0.15) is 0 Å². The van der Waals surface area contributed by atoms with Crippen LogP contribution >= 0.6 is 0 Å². The molecule has 0 unspecified atom stereocenters. The molecule has 0 aliphatic carbocycles. The Morgan fingerprint density at radius 1 is 0.467 bits per heavy atom. The Balaban J connectivity index is 1.88. The Hall–Kier alpha value is -5.04. The summed E-state index contributed by atoms with van der Waals surface area (Å²) in [5, 5.41) is 7.46. The molecular formula is C42H39N3. The summed E-state index contributed by atoms with van der Waals surface area (Å²) in [4.78, 5) is 0. The number of fused-ring (bicyclic) bond motifs is 12. The number of nitrogens with zero attached hydrogens (tertiary/aromatic N) is 3. The third kappa shape index (κ3) is 4.25. The number of hydrogen-bond donors (Lipinski definition) is 0. The van der Waals surface area contributed by atoms with Crippen molar-refractivity contribution in [1.29, 1.82) is 0 Å². The summed E-state index contributed by atoms with van der Waals surface area (Å²) in [5.41, 5.74) is 10.2. The van der Waals surface area contributed by atoms with Crippen LogP contribution in [0.15, 0.2) is 54.6 Å². The molecule has 0 aliphatic heterocycles. The van der Waals surface area contributed by atoms with Crippen molar-refractivity contribution in [2.24, 2.45) is 0 Å². The third-order valence-corrected chi connectivity index (χ3v) is 9.61. The second kappa shape index (κ2) is 11.5. The molecule has 0 saturated heterocycles. The van der Waals surface area contributed by atoms with Crippen molar-refractivity contribution in [2.45, 2.75) is 78.9 Å². The smallest absolute Gasteiger partial charge is 0.0614 e. The number of unbranched alkanes of at least 4 members (excludes halogenated alkanes) is 3. The largest absolute Gasteiger partial charge is 0.340 e. The number of benzene rings is 4. The fourth-order valence-corrected chi connectivity index (χ4v) is 7.48. The maximum Gasteiger partial charge on any atom is 0.0614 e. The first kappa shape index (κ1) is 28.7. The van der Waals surface area contributed by atoms with Crippen molar-refractivity contribution in [3.63, 3.8) is 0 Å². The molecule has 3 heterocycles. The standard InChI is InChI=1S/C42H39N3/c1-7-13-22-43-34-19-16-28(10-4)25-31(34)37-40(43)38-32-26-29(11-5)17-20-35(32)44(23-14-8-2)42(38)39-33-27-30(12-6)18-21-36(33)45(41(37)39)24-15-9-3/h4-6,16-21,25-27H,7-9,13-15,22-24H2,1-3H3. The molecule has 0 bridgehead atoms. The minimum Gasteiger partial charge on any atom is -0.340 e. The summed E-state index contributed by atoms with van der Waals surface area (Å²) >= 11 is 0. The monoisotopic (exact) mass is 585 g/mol. The molecule has 0 atom stereocenters. The van der Waals surface area contributed by atoms with E-state index in [1.807, 2.05) is 0 Å². The Labute approximate surface area is 265 Å². The second-order valence-corrected chi connectivity index (χ2v) is 12.3. The summed E-state index contributed by atoms with van der Waals surface area (Å²) in [6.45, 7) is 9.58. The summed E-state index contributed by atoms with van der Waals surface area (Å²) in [7, 11) is 0. The highest BCUT2D eigenvalue weighted by Crippen LogP contribution is 2.48. The number of aromatic nitrogens is 3. The van der Waals surface area contributed by atoms with Crippen molar-refractivity contribution < 1.29 is 0 Å². The number of rotatable bonds is 9. The molecule has 3 aromatic heterocycles. The van der Waals surface area contributed by atoms with Crippen LogP contribution in [0.1, 0.15) is 76.0 Å². The Morgan fingerprint density at radius 3 is 1.00 bits per heavy atom. The predicted octanol–water partition coefficient (Wildman–Crippen LogP) is 10.4. The quantitative estimate of drug-likeness (QED) is 0.150. The molecule has 0 radical (unpaired) electrons. The van der Waals surface area contributed by atoms with E-state index in [2.05, 4.69) is 107 Å². The molecule has 0 saturated carbocycles. The molecule has 45 heavy (non-hydrogen) atoms. The van der Waals surface area contributed by atoms with Gasteiger partial charge in [-0.2, -0.15) is 0 Å². The van der Waals surface area contributed by atoms with Crippen molar-refractivity contribution >= 4 is 65.4 Å². The van der Waals surface area contributed by atoms with E-state index in [1.54, 1.807) is 0 Å². The average Bonchev–Trinajstić information content (AvgIpc) is 3.69. The van der Waals surface area contributed by atoms with E-state index in [9.17, 15) is 0 Å². The number of hydrogen-bond acceptors (Lipinski definition) is 0. The van der Waals surface area contributed by atoms with Gasteiger partial charge in [-0.25, -0.2) is 0 Å². The minimum absolute atomic E-state index is 0.899. The summed E-state index contributed by atoms with van der Waals surface area (Å²) < 4.78 is 7.70. The van der Waals surface area contributed by atoms with Crippen LogP contribution in [0, 0.1) is 37.0 Å². The molecule has 3 heteroatoms. The molecule has 0 spiro atoms. The summed E-state index contributed by atoms with van der Waals surface area (Å²) in [6.07, 6.45) is 24.6. The molecule has 0 amide bonds. The van der Waals surface area contributed by atoms with Crippen molar-refractivity contribution in [1.82, 2.24) is 13.7 Å². The lowest BCUT2D eigenvalue weighted by molar-refractivity contribution is 0.662. The normalized spacial score (nSPS) is 11.7. The molecular weight excluding hydrogens is 546 g/mol. The lowest BCUT2D eigenvalue weighted by atomic mass is 10.0. The van der Waals surface area contributed by atoms with Crippen molar-refractivity contribution in [2.75, 3.05) is 0 Å². The molecule has 4 aromatic carbocycles. The van der Waals surface area contributed by atoms with Crippen LogP contribution in [0.4, 0.5) is 0 Å². The highest BCUT2D eigenvalue weighted by atomic mass is 15.0. The zero-order chi connectivity index (χ0) is 31.2. The first-order valence-electron chi connectivity index (χ1n) is 16.5. The summed E-state index contributed by atoms with van der Waals surface area (Å²) in [5.74, 6) is 8.76. The van der Waals surface area contributed by atoms with Crippen molar-refractivity contribution in [3.8, 4) is 37.0 Å². The lowest BCUT2D eigenvalue weighted by Gasteiger charge is -2.13. The van der Waals surface area contributed by atoms with Crippen molar-refractivity contribution in [3.05, 3.63) is 71.3 Å². The van der Waals surface area contributed by atoms with Gasteiger partial charge in [-0.3, -0.25) is 0 Å². The van der Waals surface area contributed by atoms with Gasteiger partial charge >= 0.3 is 0 Å². The molecule has 7 rings (SSSR count). The number of terminal acetylenes is 3. The van der Waals surface area contributed by atoms with Crippen LogP contribution < -0.4 is 0 Å². The van der Waals surface area contributed by atoms with E-state index in [4.69, 9.17) is 19.3 Å². The predicted molar refractivity (Wildman–Crippen MR) is 194 cm³/mol. The lowest BCUT2D eigenvalue weighted by Crippen LogP contribution is -2.01. The highest BCUT2D eigenvalue weighted by Gasteiger charge is 2.27. The van der Waals surface area contributed by atoms with Crippen LogP contribution in [0.5, 0.6) is 0 Å². The van der Waals surface area contributed by atoms with E-state index in [0.717, 1.165) is 74.8 Å². The minimum atomic E-state index is 0.899. The SMILES string of the molecule is C#Cc1ccc2c(c1)c1c(c3c4cc(C#C)ccc4n(CCCC)c3c3c4cc(C#C)ccc4n(CCCC)c13)n2CCCC. The van der Waals surface area contributed by atoms with Gasteiger partial charge in [0.25, 0.3) is 0 Å². The molecule has 3 nitrogen and oxygen atoms in total. The van der Waals surface area contributed by atoms with E-state index >= 15 is 0 Å². The first-order chi connectivity index (χ1) is 22.1. The molecule has 7 aromatic rings. The zero-order valence-corrected chi connectivity index (χ0v) is 26.6. The highest BCUT2D eigenvalue weighted by molar-refractivity contribution is 6.39. The maximum atomic E-state index is 6.02. The van der Waals surface area contributed by atoms with Gasteiger partial charge in [0, 0.05) is 85.2 Å². The molecule has 222 valence electrons. The first-order valence-corrected chi connectivity index (χ1v) is 16.5. The van der Waals surface area contributed by atoms with Crippen LogP contribution in [0.3, 0.4) is 0 Å². The van der Waals surface area contributed by atoms with E-state index in [1.165, 1.54) is 65.4 Å². The van der Waals surface area contributed by atoms with Crippen LogP contribution in [0.25, 0.3) is 65.4 Å². The number of aryl methyl sites for hydroxylation is 3. The molecule has 0 fully saturated rings. The van der Waals surface area contributed by atoms with Gasteiger partial charge in [-0.1, -0.05) is 57.8 Å². The van der Waals surface area contributed by atoms with E-state index in [0.29, 0.717) is 0 Å². The molecule has 0 aliphatic rings. The average molecular weight is 586 g/mol. The van der Waals surface area contributed by atoms with Gasteiger partial charge < -0.3 is 13.7 Å². The maximum absolute atomic E-state index is 6.02. The fourth-order valence-electron chi connectivity index (χ4n) is 7.48. The van der Waals surface area contributed by atoms with Crippen LogP contribution in [-0.2, 0) is 19.6 Å². The zero-order valence-electron chi connectivity index (χ0n) is 26.6. The Bertz CT molecular complexity index is 2110. The van der Waals surface area contributed by atoms with Crippen LogP contribution in [0.2, 0.25) is 0 Å². The van der Waals surface area contributed by atoms with Gasteiger partial charge in [-0.05, 0) is 73.9 Å². The van der Waals surface area contributed by atoms with Gasteiger partial charge in [-0.15, -0.1) is 19.3 Å². The Morgan fingerprint density at radius 2 is 0.756 bits per heavy atom. The second-order valence-electron chi connectivity index (χ2n) is 12.3. The van der Waals surface area contributed by atoms with Crippen LogP contribution in [-0.4, -0.2) is 13.7 Å². The fraction of sp³-hybridized carbons (Fsp3) is 0.286. The van der Waals surface area contributed by atoms with Gasteiger partial charge in [0.15, 0.2) is 0 Å². The van der Waals surface area contributed by atoms with E-state index < -0.39 is 0 Å². The topological polar surface area (TPSA) is 14.8 Å². The van der Waals surface area contributed by atoms with E-state index in [-0.39, 0.29) is 0 Å². The third-order valence-electron chi connectivity index (χ3n) is 9.61. The van der Waals surface area contributed by atoms with Gasteiger partial charge in [0.05, 0.1) is 16.6 Å². The molecule has 0 N–H and O–H groups in total. The van der Waals surface area contributed by atoms with Gasteiger partial charge in [0.2, 0.25) is 0 Å². The Kier molecular flexibility index (Phi) is 7.32. The summed E-state index contributed by atoms with van der Waals surface area (Å²) in [6, 6.07) is 19.6.